The van der Waals surface area contributed by atoms with Gasteiger partial charge in [0.25, 0.3) is 0 Å². The van der Waals surface area contributed by atoms with Gasteiger partial charge in [-0.3, -0.25) is 4.79 Å². The first-order chi connectivity index (χ1) is 18.0. The standard InChI is InChI=1S/C34H51NO3/c1-21(10-13-30(38)35-28-9-7-6-8-22(28)20-32(35,2)3)25-11-12-26-31-27(15-17-34(25,26)5)33(4)16-14-24(36)18-23(33)19-29(31)37/h6-9,21,23-27,29,31,36-37H,10-20H2,1-5H3/t21-,23+,24-,25-,26+,27+,29?,31+,33+,34-/m1/s1. The number of aliphatic hydroxyl groups is 2. The predicted molar refractivity (Wildman–Crippen MR) is 153 cm³/mol. The Hall–Kier alpha value is -1.39. The minimum absolute atomic E-state index is 0.160. The van der Waals surface area contributed by atoms with Crippen molar-refractivity contribution in [1.29, 1.82) is 0 Å². The first-order valence-corrected chi connectivity index (χ1v) is 15.7. The number of hydrogen-bond donors (Lipinski definition) is 2. The van der Waals surface area contributed by atoms with Gasteiger partial charge in [0.15, 0.2) is 0 Å². The number of nitrogens with zero attached hydrogens (tertiary/aromatic N) is 1. The fourth-order valence-corrected chi connectivity index (χ4v) is 11.1. The normalized spacial score (nSPS) is 44.1. The number of benzene rings is 1. The zero-order chi connectivity index (χ0) is 27.0. The fourth-order valence-electron chi connectivity index (χ4n) is 11.1. The minimum Gasteiger partial charge on any atom is -0.393 e. The molecule has 5 aliphatic rings. The van der Waals surface area contributed by atoms with Crippen LogP contribution in [0.1, 0.15) is 104 Å². The number of hydrogen-bond acceptors (Lipinski definition) is 3. The average Bonchev–Trinajstić information content (AvgIpc) is 3.35. The van der Waals surface area contributed by atoms with Crippen LogP contribution < -0.4 is 4.90 Å². The SMILES string of the molecule is C[C@H](CCC(=O)N1c2ccccc2CC1(C)C)[C@H]1CC[C@H]2[C@@H]3C(O)C[C@@H]4C[C@H](O)CC[C@]4(C)[C@H]3CC[C@]12C. The van der Waals surface area contributed by atoms with Gasteiger partial charge in [0.1, 0.15) is 0 Å². The lowest BCUT2D eigenvalue weighted by Crippen LogP contribution is -2.58. The summed E-state index contributed by atoms with van der Waals surface area (Å²) in [5.74, 6) is 3.48. The fraction of sp³-hybridized carbons (Fsp3) is 0.794. The summed E-state index contributed by atoms with van der Waals surface area (Å²) in [5, 5.41) is 21.9. The zero-order valence-corrected chi connectivity index (χ0v) is 24.5. The molecule has 1 aromatic rings. The number of carbonyl (C=O) groups excluding carboxylic acids is 1. The molecular weight excluding hydrogens is 470 g/mol. The summed E-state index contributed by atoms with van der Waals surface area (Å²) < 4.78 is 0. The summed E-state index contributed by atoms with van der Waals surface area (Å²) in [6.45, 7) is 11.8. The summed E-state index contributed by atoms with van der Waals surface area (Å²) in [5.41, 5.74) is 2.78. The first kappa shape index (κ1) is 26.8. The molecule has 0 radical (unpaired) electrons. The van der Waals surface area contributed by atoms with E-state index in [0.29, 0.717) is 41.9 Å². The lowest BCUT2D eigenvalue weighted by atomic mass is 9.43. The summed E-state index contributed by atoms with van der Waals surface area (Å²) in [6, 6.07) is 8.41. The molecule has 0 saturated heterocycles. The van der Waals surface area contributed by atoms with Crippen LogP contribution in [0.25, 0.3) is 0 Å². The molecule has 1 unspecified atom stereocenters. The molecule has 4 aliphatic carbocycles. The molecular formula is C34H51NO3. The van der Waals surface area contributed by atoms with E-state index < -0.39 is 0 Å². The van der Waals surface area contributed by atoms with Crippen molar-refractivity contribution in [1.82, 2.24) is 0 Å². The van der Waals surface area contributed by atoms with Crippen molar-refractivity contribution >= 4 is 11.6 Å². The van der Waals surface area contributed by atoms with E-state index in [1.807, 2.05) is 0 Å². The maximum absolute atomic E-state index is 13.6. The number of rotatable bonds is 4. The number of fused-ring (bicyclic) bond motifs is 6. The van der Waals surface area contributed by atoms with Crippen LogP contribution in [-0.4, -0.2) is 33.9 Å². The molecule has 6 rings (SSSR count). The molecule has 210 valence electrons. The van der Waals surface area contributed by atoms with Crippen molar-refractivity contribution in [3.63, 3.8) is 0 Å². The first-order valence-electron chi connectivity index (χ1n) is 15.7. The molecule has 38 heavy (non-hydrogen) atoms. The van der Waals surface area contributed by atoms with E-state index in [2.05, 4.69) is 63.8 Å². The van der Waals surface area contributed by atoms with Crippen molar-refractivity contribution in [3.05, 3.63) is 29.8 Å². The molecule has 4 nitrogen and oxygen atoms in total. The van der Waals surface area contributed by atoms with Crippen molar-refractivity contribution in [2.45, 2.75) is 123 Å². The zero-order valence-electron chi connectivity index (χ0n) is 24.5. The smallest absolute Gasteiger partial charge is 0.227 e. The Morgan fingerprint density at radius 1 is 0.974 bits per heavy atom. The summed E-state index contributed by atoms with van der Waals surface area (Å²) in [4.78, 5) is 15.7. The van der Waals surface area contributed by atoms with Crippen LogP contribution in [0.5, 0.6) is 0 Å². The molecule has 4 heteroatoms. The van der Waals surface area contributed by atoms with E-state index >= 15 is 0 Å². The number of aliphatic hydroxyl groups excluding tert-OH is 2. The lowest BCUT2D eigenvalue weighted by Gasteiger charge is -2.62. The maximum Gasteiger partial charge on any atom is 0.227 e. The number of amides is 1. The molecule has 4 saturated carbocycles. The average molecular weight is 522 g/mol. The van der Waals surface area contributed by atoms with E-state index in [-0.39, 0.29) is 34.5 Å². The van der Waals surface area contributed by atoms with E-state index in [1.54, 1.807) is 0 Å². The van der Waals surface area contributed by atoms with Gasteiger partial charge in [-0.05, 0) is 136 Å². The Labute approximate surface area is 230 Å². The van der Waals surface area contributed by atoms with E-state index in [4.69, 9.17) is 0 Å². The Kier molecular flexibility index (Phi) is 6.58. The highest BCUT2D eigenvalue weighted by atomic mass is 16.3. The topological polar surface area (TPSA) is 60.8 Å². The van der Waals surface area contributed by atoms with Gasteiger partial charge in [-0.2, -0.15) is 0 Å². The van der Waals surface area contributed by atoms with E-state index in [9.17, 15) is 15.0 Å². The molecule has 0 bridgehead atoms. The number of anilines is 1. The van der Waals surface area contributed by atoms with Gasteiger partial charge in [0.05, 0.1) is 12.2 Å². The Balaban J connectivity index is 1.15. The van der Waals surface area contributed by atoms with Crippen molar-refractivity contribution in [3.8, 4) is 0 Å². The van der Waals surface area contributed by atoms with Gasteiger partial charge >= 0.3 is 0 Å². The third kappa shape index (κ3) is 4.02. The number of para-hydroxylation sites is 1. The van der Waals surface area contributed by atoms with Crippen LogP contribution in [0.4, 0.5) is 5.69 Å². The van der Waals surface area contributed by atoms with Crippen LogP contribution in [0.3, 0.4) is 0 Å². The Bertz CT molecular complexity index is 1070. The van der Waals surface area contributed by atoms with Crippen LogP contribution in [0.2, 0.25) is 0 Å². The highest BCUT2D eigenvalue weighted by Gasteiger charge is 2.62. The third-order valence-corrected chi connectivity index (χ3v) is 12.9. The van der Waals surface area contributed by atoms with Gasteiger partial charge < -0.3 is 15.1 Å². The second kappa shape index (κ2) is 9.33. The molecule has 1 aromatic carbocycles. The maximum atomic E-state index is 13.6. The van der Waals surface area contributed by atoms with Crippen molar-refractivity contribution in [2.75, 3.05) is 4.90 Å². The Morgan fingerprint density at radius 2 is 1.68 bits per heavy atom. The van der Waals surface area contributed by atoms with Gasteiger partial charge in [-0.1, -0.05) is 39.0 Å². The van der Waals surface area contributed by atoms with Crippen molar-refractivity contribution in [2.24, 2.45) is 46.3 Å². The van der Waals surface area contributed by atoms with Gasteiger partial charge in [0, 0.05) is 17.6 Å². The monoisotopic (exact) mass is 521 g/mol. The molecule has 2 N–H and O–H groups in total. The van der Waals surface area contributed by atoms with E-state index in [0.717, 1.165) is 44.2 Å². The summed E-state index contributed by atoms with van der Waals surface area (Å²) in [7, 11) is 0. The molecule has 1 aliphatic heterocycles. The second-order valence-electron chi connectivity index (χ2n) is 15.3. The van der Waals surface area contributed by atoms with Crippen LogP contribution in [0, 0.1) is 46.3 Å². The van der Waals surface area contributed by atoms with Crippen LogP contribution in [-0.2, 0) is 11.2 Å². The third-order valence-electron chi connectivity index (χ3n) is 12.9. The van der Waals surface area contributed by atoms with E-state index in [1.165, 1.54) is 31.2 Å². The molecule has 10 atom stereocenters. The predicted octanol–water partition coefficient (Wildman–Crippen LogP) is 6.76. The van der Waals surface area contributed by atoms with Crippen molar-refractivity contribution < 1.29 is 15.0 Å². The quantitative estimate of drug-likeness (QED) is 0.460. The Morgan fingerprint density at radius 3 is 2.47 bits per heavy atom. The molecule has 0 spiro atoms. The molecule has 1 heterocycles. The van der Waals surface area contributed by atoms with Gasteiger partial charge in [-0.15, -0.1) is 0 Å². The lowest BCUT2D eigenvalue weighted by molar-refractivity contribution is -0.174. The molecule has 1 amide bonds. The largest absolute Gasteiger partial charge is 0.393 e. The highest BCUT2D eigenvalue weighted by Crippen LogP contribution is 2.68. The highest BCUT2D eigenvalue weighted by molar-refractivity contribution is 5.97. The van der Waals surface area contributed by atoms with Crippen LogP contribution >= 0.6 is 0 Å². The molecule has 0 aromatic heterocycles. The minimum atomic E-state index is -0.221. The number of carbonyl (C=O) groups is 1. The van der Waals surface area contributed by atoms with Gasteiger partial charge in [0.2, 0.25) is 5.91 Å². The second-order valence-corrected chi connectivity index (χ2v) is 15.3. The molecule has 4 fully saturated rings. The summed E-state index contributed by atoms with van der Waals surface area (Å²) >= 11 is 0. The summed E-state index contributed by atoms with van der Waals surface area (Å²) in [6.07, 6.45) is 10.9. The van der Waals surface area contributed by atoms with Crippen LogP contribution in [0.15, 0.2) is 24.3 Å². The van der Waals surface area contributed by atoms with Gasteiger partial charge in [-0.25, -0.2) is 0 Å².